The fourth-order valence-electron chi connectivity index (χ4n) is 3.74. The molecule has 2 amide bonds. The minimum absolute atomic E-state index is 0.138. The molecule has 30 heavy (non-hydrogen) atoms. The molecule has 3 aromatic rings. The van der Waals surface area contributed by atoms with Crippen LogP contribution in [0.1, 0.15) is 40.0 Å². The minimum Gasteiger partial charge on any atom is -0.494 e. The molecule has 6 nitrogen and oxygen atoms in total. The van der Waals surface area contributed by atoms with Crippen molar-refractivity contribution < 1.29 is 19.3 Å². The van der Waals surface area contributed by atoms with E-state index in [-0.39, 0.29) is 11.8 Å². The summed E-state index contributed by atoms with van der Waals surface area (Å²) >= 11 is 0. The van der Waals surface area contributed by atoms with Crippen LogP contribution in [0.5, 0.6) is 5.75 Å². The lowest BCUT2D eigenvalue weighted by Crippen LogP contribution is -2.38. The van der Waals surface area contributed by atoms with E-state index in [0.717, 1.165) is 22.4 Å². The van der Waals surface area contributed by atoms with Crippen LogP contribution in [0, 0.1) is 0 Å². The summed E-state index contributed by atoms with van der Waals surface area (Å²) in [7, 11) is 0. The lowest BCUT2D eigenvalue weighted by atomic mass is 10.0. The maximum atomic E-state index is 13.2. The molecule has 0 spiro atoms. The molecule has 0 fully saturated rings. The number of amides is 2. The first-order valence-corrected chi connectivity index (χ1v) is 10.0. The van der Waals surface area contributed by atoms with Crippen LogP contribution in [0.2, 0.25) is 0 Å². The van der Waals surface area contributed by atoms with Crippen LogP contribution in [-0.4, -0.2) is 23.3 Å². The standard InChI is InChI=1S/C24H23N3O3/c1-2-30-19-9-5-7-17(13-19)16-27-22(20-10-3-4-11-21(20)24(27)29)23(28)26-15-18-8-6-12-25-14-18/h3-14,22H,2,15-16H2,1H3,(H,26,28)/p+1. The number of nitrogens with zero attached hydrogens (tertiary/aromatic N) is 1. The van der Waals surface area contributed by atoms with E-state index in [4.69, 9.17) is 4.74 Å². The van der Waals surface area contributed by atoms with Crippen LogP contribution in [-0.2, 0) is 17.9 Å². The molecule has 0 saturated heterocycles. The zero-order chi connectivity index (χ0) is 20.9. The molecule has 1 unspecified atom stereocenters. The van der Waals surface area contributed by atoms with E-state index in [1.165, 1.54) is 0 Å². The Morgan fingerprint density at radius 2 is 1.93 bits per heavy atom. The highest BCUT2D eigenvalue weighted by Crippen LogP contribution is 2.35. The Morgan fingerprint density at radius 3 is 2.73 bits per heavy atom. The van der Waals surface area contributed by atoms with Crippen molar-refractivity contribution >= 4 is 11.8 Å². The number of aromatic amines is 1. The van der Waals surface area contributed by atoms with Crippen molar-refractivity contribution in [2.45, 2.75) is 26.1 Å². The third-order valence-corrected chi connectivity index (χ3v) is 5.11. The Morgan fingerprint density at radius 1 is 1.10 bits per heavy atom. The number of H-pyrrole nitrogens is 1. The Kier molecular flexibility index (Phi) is 5.75. The van der Waals surface area contributed by atoms with Gasteiger partial charge in [-0.25, -0.2) is 4.98 Å². The van der Waals surface area contributed by atoms with Crippen LogP contribution < -0.4 is 15.0 Å². The summed E-state index contributed by atoms with van der Waals surface area (Å²) in [6, 6.07) is 18.1. The first kappa shape index (κ1) is 19.6. The third kappa shape index (κ3) is 4.03. The number of hydrogen-bond donors (Lipinski definition) is 1. The lowest BCUT2D eigenvalue weighted by molar-refractivity contribution is -0.378. The molecule has 2 heterocycles. The molecule has 1 aliphatic heterocycles. The van der Waals surface area contributed by atoms with Gasteiger partial charge in [-0.3, -0.25) is 9.59 Å². The van der Waals surface area contributed by atoms with Crippen molar-refractivity contribution in [1.29, 1.82) is 0 Å². The molecule has 152 valence electrons. The highest BCUT2D eigenvalue weighted by Gasteiger charge is 2.40. The van der Waals surface area contributed by atoms with Gasteiger partial charge in [0, 0.05) is 30.3 Å². The molecule has 1 atom stereocenters. The van der Waals surface area contributed by atoms with Crippen LogP contribution >= 0.6 is 0 Å². The quantitative estimate of drug-likeness (QED) is 0.660. The molecule has 1 aromatic heterocycles. The van der Waals surface area contributed by atoms with Gasteiger partial charge in [0.25, 0.3) is 5.91 Å². The number of benzene rings is 2. The molecule has 0 radical (unpaired) electrons. The first-order valence-electron chi connectivity index (χ1n) is 10.0. The largest absolute Gasteiger partial charge is 0.494 e. The molecule has 2 N–H and O–H groups in total. The van der Waals surface area contributed by atoms with Crippen LogP contribution in [0.4, 0.5) is 0 Å². The monoisotopic (exact) mass is 402 g/mol. The number of carbonyl (C=O) groups is 2. The maximum Gasteiger partial charge on any atom is 0.255 e. The van der Waals surface area contributed by atoms with Crippen LogP contribution in [0.25, 0.3) is 0 Å². The number of hydrogen-bond acceptors (Lipinski definition) is 3. The molecule has 4 rings (SSSR count). The zero-order valence-electron chi connectivity index (χ0n) is 16.8. The summed E-state index contributed by atoms with van der Waals surface area (Å²) in [4.78, 5) is 30.9. The second-order valence-electron chi connectivity index (χ2n) is 7.13. The maximum absolute atomic E-state index is 13.2. The number of fused-ring (bicyclic) bond motifs is 1. The van der Waals surface area contributed by atoms with Crippen molar-refractivity contribution in [1.82, 2.24) is 10.2 Å². The van der Waals surface area contributed by atoms with Crippen molar-refractivity contribution in [2.75, 3.05) is 6.61 Å². The van der Waals surface area contributed by atoms with Crippen molar-refractivity contribution in [3.8, 4) is 5.75 Å². The summed E-state index contributed by atoms with van der Waals surface area (Å²) in [5.41, 5.74) is 3.18. The average Bonchev–Trinajstić information content (AvgIpc) is 3.05. The van der Waals surface area contributed by atoms with E-state index in [0.29, 0.717) is 25.3 Å². The molecule has 0 bridgehead atoms. The highest BCUT2D eigenvalue weighted by molar-refractivity contribution is 6.04. The smallest absolute Gasteiger partial charge is 0.255 e. The predicted octanol–water partition coefficient (Wildman–Crippen LogP) is 2.91. The Hall–Kier alpha value is -3.67. The van der Waals surface area contributed by atoms with E-state index in [1.807, 2.05) is 73.9 Å². The van der Waals surface area contributed by atoms with Crippen LogP contribution in [0.3, 0.4) is 0 Å². The van der Waals surface area contributed by atoms with Gasteiger partial charge in [-0.15, -0.1) is 0 Å². The van der Waals surface area contributed by atoms with Crippen LogP contribution in [0.15, 0.2) is 73.1 Å². The molecular weight excluding hydrogens is 378 g/mol. The summed E-state index contributed by atoms with van der Waals surface area (Å²) in [5, 5.41) is 2.97. The Balaban J connectivity index is 1.58. The van der Waals surface area contributed by atoms with E-state index >= 15 is 0 Å². The second-order valence-corrected chi connectivity index (χ2v) is 7.13. The molecule has 2 aromatic carbocycles. The van der Waals surface area contributed by atoms with Crippen molar-refractivity contribution in [3.05, 3.63) is 95.3 Å². The number of ether oxygens (including phenoxy) is 1. The molecule has 0 aliphatic carbocycles. The van der Waals surface area contributed by atoms with Gasteiger partial charge >= 0.3 is 0 Å². The van der Waals surface area contributed by atoms with Crippen molar-refractivity contribution in [3.63, 3.8) is 0 Å². The van der Waals surface area contributed by atoms with Gasteiger partial charge in [-0.2, -0.15) is 0 Å². The topological polar surface area (TPSA) is 72.8 Å². The second kappa shape index (κ2) is 8.78. The number of rotatable bonds is 7. The third-order valence-electron chi connectivity index (χ3n) is 5.11. The minimum atomic E-state index is -0.669. The van der Waals surface area contributed by atoms with Gasteiger partial charge in [0.2, 0.25) is 5.91 Å². The van der Waals surface area contributed by atoms with Gasteiger partial charge in [0.15, 0.2) is 12.4 Å². The summed E-state index contributed by atoms with van der Waals surface area (Å²) in [6.45, 7) is 3.21. The lowest BCUT2D eigenvalue weighted by Gasteiger charge is -2.25. The van der Waals surface area contributed by atoms with E-state index in [1.54, 1.807) is 11.0 Å². The van der Waals surface area contributed by atoms with E-state index in [2.05, 4.69) is 10.3 Å². The summed E-state index contributed by atoms with van der Waals surface area (Å²) in [6.07, 6.45) is 3.65. The number of nitrogens with one attached hydrogen (secondary N) is 2. The van der Waals surface area contributed by atoms with Gasteiger partial charge in [-0.05, 0) is 42.3 Å². The molecule has 6 heteroatoms. The van der Waals surface area contributed by atoms with E-state index in [9.17, 15) is 9.59 Å². The Bertz CT molecular complexity index is 1050. The number of carbonyl (C=O) groups excluding carboxylic acids is 2. The normalized spacial score (nSPS) is 15.0. The Labute approximate surface area is 175 Å². The van der Waals surface area contributed by atoms with Gasteiger partial charge in [0.05, 0.1) is 6.61 Å². The molecular formula is C24H24N3O3+. The number of aromatic nitrogens is 1. The molecule has 0 saturated carbocycles. The molecule has 1 aliphatic rings. The zero-order valence-corrected chi connectivity index (χ0v) is 16.8. The fourth-order valence-corrected chi connectivity index (χ4v) is 3.74. The number of pyridine rings is 1. The average molecular weight is 402 g/mol. The summed E-state index contributed by atoms with van der Waals surface area (Å²) in [5.74, 6) is 0.416. The fraction of sp³-hybridized carbons (Fsp3) is 0.208. The van der Waals surface area contributed by atoms with Gasteiger partial charge in [0.1, 0.15) is 11.8 Å². The van der Waals surface area contributed by atoms with Gasteiger partial charge in [-0.1, -0.05) is 30.3 Å². The van der Waals surface area contributed by atoms with E-state index < -0.39 is 6.04 Å². The highest BCUT2D eigenvalue weighted by atomic mass is 16.5. The van der Waals surface area contributed by atoms with Crippen molar-refractivity contribution in [2.24, 2.45) is 0 Å². The first-order chi connectivity index (χ1) is 14.7. The summed E-state index contributed by atoms with van der Waals surface area (Å²) < 4.78 is 5.58. The predicted molar refractivity (Wildman–Crippen MR) is 112 cm³/mol. The van der Waals surface area contributed by atoms with Gasteiger partial charge < -0.3 is 15.0 Å². The SMILES string of the molecule is CCOc1cccc(CN2C(=O)c3ccccc3C2C(=O)NCc2ccc[nH+]c2)c1.